The standard InChI is InChI=1S/C21H18N4O3S/c1-3-16-10-18(20(26)22-15-6-4-13(5-7-15)21(27)28-2)23-19-11-17(24-25(16)19)14-8-9-29-12-14/h4-12H,3H2,1-2H3,(H,22,26). The lowest BCUT2D eigenvalue weighted by atomic mass is 10.2. The molecule has 1 aromatic carbocycles. The van der Waals surface area contributed by atoms with E-state index in [1.165, 1.54) is 7.11 Å². The summed E-state index contributed by atoms with van der Waals surface area (Å²) in [5, 5.41) is 11.5. The van der Waals surface area contributed by atoms with Gasteiger partial charge in [-0.1, -0.05) is 6.92 Å². The first-order valence-corrected chi connectivity index (χ1v) is 9.95. The van der Waals surface area contributed by atoms with Crippen LogP contribution in [0.1, 0.15) is 33.5 Å². The van der Waals surface area contributed by atoms with E-state index in [0.717, 1.165) is 17.0 Å². The number of nitrogens with one attached hydrogen (secondary N) is 1. The molecule has 0 fully saturated rings. The molecule has 4 aromatic rings. The zero-order valence-corrected chi connectivity index (χ0v) is 16.7. The van der Waals surface area contributed by atoms with Crippen LogP contribution in [0.15, 0.2) is 53.2 Å². The minimum absolute atomic E-state index is 0.308. The second kappa shape index (κ2) is 7.84. The van der Waals surface area contributed by atoms with Crippen molar-refractivity contribution in [2.75, 3.05) is 12.4 Å². The van der Waals surface area contributed by atoms with Gasteiger partial charge in [0, 0.05) is 28.4 Å². The molecule has 1 N–H and O–H groups in total. The number of methoxy groups -OCH3 is 1. The van der Waals surface area contributed by atoms with Gasteiger partial charge in [-0.05, 0) is 48.2 Å². The van der Waals surface area contributed by atoms with Crippen LogP contribution in [0.3, 0.4) is 0 Å². The van der Waals surface area contributed by atoms with E-state index in [1.54, 1.807) is 46.2 Å². The van der Waals surface area contributed by atoms with Gasteiger partial charge in [0.15, 0.2) is 5.65 Å². The van der Waals surface area contributed by atoms with E-state index in [9.17, 15) is 9.59 Å². The molecule has 29 heavy (non-hydrogen) atoms. The van der Waals surface area contributed by atoms with E-state index in [2.05, 4.69) is 20.1 Å². The van der Waals surface area contributed by atoms with Gasteiger partial charge in [0.2, 0.25) is 0 Å². The first-order chi connectivity index (χ1) is 14.1. The van der Waals surface area contributed by atoms with Crippen LogP contribution in [0.25, 0.3) is 16.9 Å². The summed E-state index contributed by atoms with van der Waals surface area (Å²) in [6, 6.07) is 12.1. The number of hydrogen-bond acceptors (Lipinski definition) is 6. The van der Waals surface area contributed by atoms with Crippen LogP contribution in [0, 0.1) is 0 Å². The number of nitrogens with zero attached hydrogens (tertiary/aromatic N) is 3. The molecule has 0 bridgehead atoms. The fourth-order valence-corrected chi connectivity index (χ4v) is 3.61. The van der Waals surface area contributed by atoms with Gasteiger partial charge in [-0.3, -0.25) is 4.79 Å². The third kappa shape index (κ3) is 3.74. The summed E-state index contributed by atoms with van der Waals surface area (Å²) in [6.07, 6.45) is 0.706. The molecule has 0 atom stereocenters. The molecule has 146 valence electrons. The summed E-state index contributed by atoms with van der Waals surface area (Å²) in [4.78, 5) is 28.8. The third-order valence-corrected chi connectivity index (χ3v) is 5.16. The molecule has 0 saturated carbocycles. The van der Waals surface area contributed by atoms with Crippen molar-refractivity contribution in [1.29, 1.82) is 0 Å². The van der Waals surface area contributed by atoms with Crippen molar-refractivity contribution in [2.24, 2.45) is 0 Å². The lowest BCUT2D eigenvalue weighted by Gasteiger charge is -2.08. The molecule has 0 unspecified atom stereocenters. The van der Waals surface area contributed by atoms with E-state index in [0.29, 0.717) is 29.0 Å². The summed E-state index contributed by atoms with van der Waals surface area (Å²) in [7, 11) is 1.32. The number of aromatic nitrogens is 3. The number of carbonyl (C=O) groups is 2. The maximum Gasteiger partial charge on any atom is 0.337 e. The molecule has 4 rings (SSSR count). The van der Waals surface area contributed by atoms with Crippen LogP contribution in [0.5, 0.6) is 0 Å². The Labute approximate surface area is 171 Å². The molecule has 0 saturated heterocycles. The van der Waals surface area contributed by atoms with Crippen molar-refractivity contribution in [3.63, 3.8) is 0 Å². The molecule has 1 amide bonds. The number of hydrogen-bond donors (Lipinski definition) is 1. The van der Waals surface area contributed by atoms with Crippen LogP contribution in [-0.4, -0.2) is 33.6 Å². The number of fused-ring (bicyclic) bond motifs is 1. The number of aryl methyl sites for hydroxylation is 1. The van der Waals surface area contributed by atoms with Crippen LogP contribution < -0.4 is 5.32 Å². The molecule has 0 aliphatic heterocycles. The van der Waals surface area contributed by atoms with Crippen molar-refractivity contribution >= 4 is 34.5 Å². The maximum absolute atomic E-state index is 12.7. The molecule has 0 aliphatic carbocycles. The topological polar surface area (TPSA) is 85.6 Å². The highest BCUT2D eigenvalue weighted by atomic mass is 32.1. The van der Waals surface area contributed by atoms with Gasteiger partial charge >= 0.3 is 5.97 Å². The lowest BCUT2D eigenvalue weighted by molar-refractivity contribution is 0.0600. The monoisotopic (exact) mass is 406 g/mol. The maximum atomic E-state index is 12.7. The van der Waals surface area contributed by atoms with Crippen LogP contribution >= 0.6 is 11.3 Å². The molecule has 0 aliphatic rings. The van der Waals surface area contributed by atoms with Gasteiger partial charge in [0.1, 0.15) is 5.69 Å². The highest BCUT2D eigenvalue weighted by molar-refractivity contribution is 7.08. The molecular formula is C21H18N4O3S. The largest absolute Gasteiger partial charge is 0.465 e. The molecule has 7 nitrogen and oxygen atoms in total. The highest BCUT2D eigenvalue weighted by Crippen LogP contribution is 2.23. The summed E-state index contributed by atoms with van der Waals surface area (Å²) < 4.78 is 6.45. The van der Waals surface area contributed by atoms with E-state index < -0.39 is 5.97 Å². The first-order valence-electron chi connectivity index (χ1n) is 9.01. The first kappa shape index (κ1) is 18.8. The number of benzene rings is 1. The van der Waals surface area contributed by atoms with Gasteiger partial charge in [0.05, 0.1) is 18.4 Å². The second-order valence-electron chi connectivity index (χ2n) is 6.32. The van der Waals surface area contributed by atoms with E-state index in [4.69, 9.17) is 0 Å². The number of anilines is 1. The fraction of sp³-hybridized carbons (Fsp3) is 0.143. The van der Waals surface area contributed by atoms with Gasteiger partial charge < -0.3 is 10.1 Å². The predicted molar refractivity (Wildman–Crippen MR) is 111 cm³/mol. The molecule has 3 heterocycles. The Morgan fingerprint density at radius 1 is 1.17 bits per heavy atom. The number of carbonyl (C=O) groups excluding carboxylic acids is 2. The van der Waals surface area contributed by atoms with E-state index in [-0.39, 0.29) is 5.91 Å². The smallest absolute Gasteiger partial charge is 0.337 e. The van der Waals surface area contributed by atoms with Crippen LogP contribution in [0.4, 0.5) is 5.69 Å². The van der Waals surface area contributed by atoms with Crippen molar-refractivity contribution in [3.05, 3.63) is 70.2 Å². The minimum Gasteiger partial charge on any atom is -0.465 e. The van der Waals surface area contributed by atoms with Crippen molar-refractivity contribution < 1.29 is 14.3 Å². The Hall–Kier alpha value is -3.52. The lowest BCUT2D eigenvalue weighted by Crippen LogP contribution is -2.16. The summed E-state index contributed by atoms with van der Waals surface area (Å²) in [5.41, 5.74) is 4.65. The van der Waals surface area contributed by atoms with Gasteiger partial charge in [0.25, 0.3) is 5.91 Å². The van der Waals surface area contributed by atoms with E-state index in [1.807, 2.05) is 29.8 Å². The van der Waals surface area contributed by atoms with Crippen molar-refractivity contribution in [3.8, 4) is 11.3 Å². The zero-order valence-electron chi connectivity index (χ0n) is 15.9. The van der Waals surface area contributed by atoms with Crippen molar-refractivity contribution in [1.82, 2.24) is 14.6 Å². The van der Waals surface area contributed by atoms with Crippen LogP contribution in [-0.2, 0) is 11.2 Å². The molecular weight excluding hydrogens is 388 g/mol. The Balaban J connectivity index is 1.62. The number of ether oxygens (including phenoxy) is 1. The predicted octanol–water partition coefficient (Wildman–Crippen LogP) is 4.06. The average Bonchev–Trinajstić information content (AvgIpc) is 3.42. The Bertz CT molecular complexity index is 1180. The molecule has 0 spiro atoms. The quantitative estimate of drug-likeness (QED) is 0.505. The Morgan fingerprint density at radius 3 is 2.62 bits per heavy atom. The summed E-state index contributed by atoms with van der Waals surface area (Å²) in [5.74, 6) is -0.754. The third-order valence-electron chi connectivity index (χ3n) is 4.48. The molecule has 0 radical (unpaired) electrons. The Morgan fingerprint density at radius 2 is 1.97 bits per heavy atom. The summed E-state index contributed by atoms with van der Waals surface area (Å²) >= 11 is 1.60. The molecule has 3 aromatic heterocycles. The average molecular weight is 406 g/mol. The van der Waals surface area contributed by atoms with Gasteiger partial charge in [-0.25, -0.2) is 14.3 Å². The minimum atomic E-state index is -0.426. The number of esters is 1. The number of thiophene rings is 1. The van der Waals surface area contributed by atoms with Gasteiger partial charge in [-0.2, -0.15) is 16.4 Å². The highest BCUT2D eigenvalue weighted by Gasteiger charge is 2.15. The van der Waals surface area contributed by atoms with Crippen LogP contribution in [0.2, 0.25) is 0 Å². The van der Waals surface area contributed by atoms with Crippen molar-refractivity contribution in [2.45, 2.75) is 13.3 Å². The number of rotatable bonds is 5. The second-order valence-corrected chi connectivity index (χ2v) is 7.10. The molecule has 8 heteroatoms. The van der Waals surface area contributed by atoms with Gasteiger partial charge in [-0.15, -0.1) is 0 Å². The zero-order chi connectivity index (χ0) is 20.4. The fourth-order valence-electron chi connectivity index (χ4n) is 2.96. The SMILES string of the molecule is CCc1cc(C(=O)Nc2ccc(C(=O)OC)cc2)nc2cc(-c3ccsc3)nn12. The van der Waals surface area contributed by atoms with E-state index >= 15 is 0 Å². The summed E-state index contributed by atoms with van der Waals surface area (Å²) in [6.45, 7) is 2.01. The normalized spacial score (nSPS) is 10.8. The Kier molecular flexibility index (Phi) is 5.09. The number of amides is 1.